The largest absolute Gasteiger partial charge is 0.377 e. The van der Waals surface area contributed by atoms with Crippen LogP contribution in [0.3, 0.4) is 0 Å². The van der Waals surface area contributed by atoms with Crippen LogP contribution in [0.2, 0.25) is 0 Å². The van der Waals surface area contributed by atoms with Gasteiger partial charge in [0.15, 0.2) is 6.23 Å². The van der Waals surface area contributed by atoms with E-state index in [1.54, 1.807) is 24.2 Å². The van der Waals surface area contributed by atoms with Crippen LogP contribution in [0.4, 0.5) is 5.69 Å². The van der Waals surface area contributed by atoms with E-state index in [9.17, 15) is 5.11 Å². The number of hydrogen-bond donors (Lipinski definition) is 3. The Balaban J connectivity index is 1.51. The van der Waals surface area contributed by atoms with Crippen LogP contribution in [0.5, 0.6) is 0 Å². The number of nitrogens with two attached hydrogens (primary N) is 1. The van der Waals surface area contributed by atoms with Gasteiger partial charge in [0.25, 0.3) is 0 Å². The maximum Gasteiger partial charge on any atom is 0.169 e. The highest BCUT2D eigenvalue weighted by atomic mass is 32.1. The van der Waals surface area contributed by atoms with Crippen molar-refractivity contribution in [2.75, 3.05) is 19.0 Å². The maximum atomic E-state index is 10.8. The van der Waals surface area contributed by atoms with Crippen molar-refractivity contribution in [3.8, 4) is 10.7 Å². The van der Waals surface area contributed by atoms with Gasteiger partial charge in [0.05, 0.1) is 30.3 Å². The molecule has 4 rings (SSSR count). The first-order chi connectivity index (χ1) is 15.0. The van der Waals surface area contributed by atoms with Crippen molar-refractivity contribution in [2.24, 2.45) is 12.8 Å². The Morgan fingerprint density at radius 3 is 3.03 bits per heavy atom. The Morgan fingerprint density at radius 1 is 1.42 bits per heavy atom. The highest BCUT2D eigenvalue weighted by Crippen LogP contribution is 2.34. The third-order valence-corrected chi connectivity index (χ3v) is 6.47. The Morgan fingerprint density at radius 2 is 2.26 bits per heavy atom. The van der Waals surface area contributed by atoms with Gasteiger partial charge in [-0.2, -0.15) is 5.10 Å². The minimum Gasteiger partial charge on any atom is -0.377 e. The Kier molecular flexibility index (Phi) is 6.63. The molecule has 31 heavy (non-hydrogen) atoms. The zero-order valence-corrected chi connectivity index (χ0v) is 18.7. The summed E-state index contributed by atoms with van der Waals surface area (Å²) in [6, 6.07) is 3.81. The molecule has 0 aliphatic carbocycles. The molecule has 1 aliphatic rings. The number of aliphatic hydroxyl groups excluding tert-OH is 1. The standard InChI is InChI=1S/C21H28N6O3S/c1-12-5-4-8-23-18(12)21-26-15(11-31-21)20(28)25-14-9-24-27(2)19(14)16-7-6-13(22)17(29-3)10-30-16/h4-5,8-9,11,13,16-17,20,25,28H,6-7,10,22H2,1-3H3/t13-,16+,17-,20?/m1/s1. The van der Waals surface area contributed by atoms with Crippen LogP contribution in [0.15, 0.2) is 29.9 Å². The molecule has 4 heterocycles. The first-order valence-corrected chi connectivity index (χ1v) is 11.1. The number of hydrogen-bond acceptors (Lipinski definition) is 9. The predicted octanol–water partition coefficient (Wildman–Crippen LogP) is 2.54. The summed E-state index contributed by atoms with van der Waals surface area (Å²) in [5, 5.41) is 20.9. The fourth-order valence-corrected chi connectivity index (χ4v) is 4.69. The lowest BCUT2D eigenvalue weighted by atomic mass is 10.0. The molecule has 0 spiro atoms. The quantitative estimate of drug-likeness (QED) is 0.496. The van der Waals surface area contributed by atoms with Gasteiger partial charge in [-0.15, -0.1) is 11.3 Å². The van der Waals surface area contributed by atoms with Crippen molar-refractivity contribution >= 4 is 17.0 Å². The average Bonchev–Trinajstić information content (AvgIpc) is 3.34. The molecular formula is C21H28N6O3S. The molecular weight excluding hydrogens is 416 g/mol. The van der Waals surface area contributed by atoms with Crippen LogP contribution in [0.25, 0.3) is 10.7 Å². The number of thiazole rings is 1. The van der Waals surface area contributed by atoms with Gasteiger partial charge in [-0.1, -0.05) is 6.07 Å². The normalized spacial score (nSPS) is 22.8. The van der Waals surface area contributed by atoms with Crippen molar-refractivity contribution in [2.45, 2.75) is 44.2 Å². The van der Waals surface area contributed by atoms with E-state index < -0.39 is 6.23 Å². The molecule has 4 atom stereocenters. The number of aryl methyl sites for hydroxylation is 2. The molecule has 166 valence electrons. The lowest BCUT2D eigenvalue weighted by Gasteiger charge is -2.20. The SMILES string of the molecule is CO[C@@H]1CO[C@H](c2c(NC(O)c3csc(-c4ncccc4C)n3)cnn2C)CC[C@H]1N. The number of ether oxygens (including phenoxy) is 2. The number of anilines is 1. The van der Waals surface area contributed by atoms with Crippen LogP contribution in [0.1, 0.15) is 42.1 Å². The Labute approximate surface area is 185 Å². The smallest absolute Gasteiger partial charge is 0.169 e. The second kappa shape index (κ2) is 9.41. The molecule has 3 aromatic heterocycles. The zero-order valence-electron chi connectivity index (χ0n) is 17.9. The van der Waals surface area contributed by atoms with Crippen molar-refractivity contribution in [3.05, 3.63) is 46.9 Å². The van der Waals surface area contributed by atoms with Crippen LogP contribution >= 0.6 is 11.3 Å². The maximum absolute atomic E-state index is 10.8. The van der Waals surface area contributed by atoms with E-state index in [2.05, 4.69) is 20.4 Å². The second-order valence-electron chi connectivity index (χ2n) is 7.70. The number of nitrogens with one attached hydrogen (secondary N) is 1. The van der Waals surface area contributed by atoms with Crippen LogP contribution < -0.4 is 11.1 Å². The molecule has 1 fully saturated rings. The molecule has 10 heteroatoms. The summed E-state index contributed by atoms with van der Waals surface area (Å²) in [7, 11) is 3.51. The lowest BCUT2D eigenvalue weighted by Crippen LogP contribution is -2.37. The van der Waals surface area contributed by atoms with Gasteiger partial charge in [0.1, 0.15) is 22.5 Å². The average molecular weight is 445 g/mol. The van der Waals surface area contributed by atoms with Gasteiger partial charge in [0.2, 0.25) is 0 Å². The monoisotopic (exact) mass is 444 g/mol. The van der Waals surface area contributed by atoms with E-state index in [1.165, 1.54) is 11.3 Å². The van der Waals surface area contributed by atoms with Gasteiger partial charge < -0.3 is 25.6 Å². The van der Waals surface area contributed by atoms with Crippen molar-refractivity contribution < 1.29 is 14.6 Å². The summed E-state index contributed by atoms with van der Waals surface area (Å²) in [6.45, 7) is 2.40. The Hall–Kier alpha value is -2.37. The molecule has 0 amide bonds. The molecule has 0 saturated carbocycles. The molecule has 1 unspecified atom stereocenters. The van der Waals surface area contributed by atoms with Gasteiger partial charge in [0, 0.05) is 31.8 Å². The molecule has 1 aliphatic heterocycles. The number of aliphatic hydroxyl groups is 1. The van der Waals surface area contributed by atoms with Gasteiger partial charge >= 0.3 is 0 Å². The van der Waals surface area contributed by atoms with Gasteiger partial charge in [-0.05, 0) is 31.4 Å². The summed E-state index contributed by atoms with van der Waals surface area (Å²) >= 11 is 1.45. The minimum atomic E-state index is -0.989. The molecule has 0 bridgehead atoms. The minimum absolute atomic E-state index is 0.0753. The van der Waals surface area contributed by atoms with Gasteiger partial charge in [-0.25, -0.2) is 4.98 Å². The van der Waals surface area contributed by atoms with Crippen LogP contribution in [-0.2, 0) is 16.5 Å². The van der Waals surface area contributed by atoms with E-state index in [-0.39, 0.29) is 18.2 Å². The van der Waals surface area contributed by atoms with Crippen molar-refractivity contribution in [1.82, 2.24) is 19.7 Å². The zero-order chi connectivity index (χ0) is 22.0. The topological polar surface area (TPSA) is 120 Å². The Bertz CT molecular complexity index is 1020. The summed E-state index contributed by atoms with van der Waals surface area (Å²) in [4.78, 5) is 8.99. The summed E-state index contributed by atoms with van der Waals surface area (Å²) in [5.41, 5.74) is 10.2. The number of methoxy groups -OCH3 is 1. The van der Waals surface area contributed by atoms with E-state index in [0.29, 0.717) is 18.0 Å². The highest BCUT2D eigenvalue weighted by Gasteiger charge is 2.30. The number of pyridine rings is 1. The molecule has 9 nitrogen and oxygen atoms in total. The van der Waals surface area contributed by atoms with E-state index in [0.717, 1.165) is 34.8 Å². The number of aromatic nitrogens is 4. The summed E-state index contributed by atoms with van der Waals surface area (Å²) < 4.78 is 13.3. The molecule has 3 aromatic rings. The fourth-order valence-electron chi connectivity index (χ4n) is 3.80. The third-order valence-electron chi connectivity index (χ3n) is 5.60. The van der Waals surface area contributed by atoms with Crippen molar-refractivity contribution in [1.29, 1.82) is 0 Å². The van der Waals surface area contributed by atoms with Crippen molar-refractivity contribution in [3.63, 3.8) is 0 Å². The first kappa shape index (κ1) is 21.8. The summed E-state index contributed by atoms with van der Waals surface area (Å²) in [6.07, 6.45) is 3.63. The molecule has 1 saturated heterocycles. The number of nitrogens with zero attached hydrogens (tertiary/aromatic N) is 4. The summed E-state index contributed by atoms with van der Waals surface area (Å²) in [5.74, 6) is 0. The van der Waals surface area contributed by atoms with E-state index in [4.69, 9.17) is 15.2 Å². The van der Waals surface area contributed by atoms with Crippen LogP contribution in [-0.4, -0.2) is 50.7 Å². The van der Waals surface area contributed by atoms with Crippen LogP contribution in [0, 0.1) is 6.92 Å². The fraction of sp³-hybridized carbons (Fsp3) is 0.476. The van der Waals surface area contributed by atoms with E-state index >= 15 is 0 Å². The lowest BCUT2D eigenvalue weighted by molar-refractivity contribution is -0.0212. The first-order valence-electron chi connectivity index (χ1n) is 10.2. The third kappa shape index (κ3) is 4.63. The molecule has 4 N–H and O–H groups in total. The molecule has 0 aromatic carbocycles. The highest BCUT2D eigenvalue weighted by molar-refractivity contribution is 7.13. The predicted molar refractivity (Wildman–Crippen MR) is 119 cm³/mol. The second-order valence-corrected chi connectivity index (χ2v) is 8.56. The number of rotatable bonds is 6. The molecule has 0 radical (unpaired) electrons. The van der Waals surface area contributed by atoms with Gasteiger partial charge in [-0.3, -0.25) is 9.67 Å². The van der Waals surface area contributed by atoms with E-state index in [1.807, 2.05) is 31.5 Å².